The average molecular weight is 331 g/mol. The molecule has 1 N–H and O–H groups in total. The lowest BCUT2D eigenvalue weighted by atomic mass is 10.2. The van der Waals surface area contributed by atoms with E-state index >= 15 is 0 Å². The van der Waals surface area contributed by atoms with Crippen molar-refractivity contribution in [2.75, 3.05) is 34.4 Å². The summed E-state index contributed by atoms with van der Waals surface area (Å²) in [5, 5.41) is 10.2. The molecule has 0 aliphatic heterocycles. The summed E-state index contributed by atoms with van der Waals surface area (Å²) in [6.45, 7) is 1.51. The predicted molar refractivity (Wildman–Crippen MR) is 93.8 cm³/mol. The second kappa shape index (κ2) is 9.15. The molecule has 5 nitrogen and oxygen atoms in total. The summed E-state index contributed by atoms with van der Waals surface area (Å²) >= 11 is 0. The van der Waals surface area contributed by atoms with E-state index in [1.165, 1.54) is 5.56 Å². The lowest BCUT2D eigenvalue weighted by molar-refractivity contribution is 0.0742. The van der Waals surface area contributed by atoms with Gasteiger partial charge in [0.1, 0.15) is 30.0 Å². The monoisotopic (exact) mass is 331 g/mol. The van der Waals surface area contributed by atoms with Crippen LogP contribution in [0.1, 0.15) is 5.56 Å². The largest absolute Gasteiger partial charge is 0.496 e. The third-order valence-corrected chi connectivity index (χ3v) is 3.59. The molecule has 0 aliphatic rings. The Morgan fingerprint density at radius 2 is 1.54 bits per heavy atom. The molecular weight excluding hydrogens is 306 g/mol. The Hall–Kier alpha value is -2.24. The first-order valence-electron chi connectivity index (χ1n) is 7.87. The molecule has 2 aromatic rings. The van der Waals surface area contributed by atoms with Gasteiger partial charge in [-0.05, 0) is 12.6 Å². The maximum atomic E-state index is 10.2. The molecule has 5 heteroatoms. The summed E-state index contributed by atoms with van der Waals surface area (Å²) in [5.41, 5.74) is 1.21. The molecule has 2 aromatic carbocycles. The van der Waals surface area contributed by atoms with Crippen molar-refractivity contribution in [3.05, 3.63) is 54.1 Å². The molecule has 0 aromatic heterocycles. The van der Waals surface area contributed by atoms with Crippen molar-refractivity contribution in [2.45, 2.75) is 12.6 Å². The third kappa shape index (κ3) is 5.76. The van der Waals surface area contributed by atoms with Crippen LogP contribution in [0, 0.1) is 0 Å². The van der Waals surface area contributed by atoms with Gasteiger partial charge in [-0.15, -0.1) is 0 Å². The van der Waals surface area contributed by atoms with Crippen molar-refractivity contribution >= 4 is 0 Å². The Bertz CT molecular complexity index is 596. The predicted octanol–water partition coefficient (Wildman–Crippen LogP) is 2.58. The van der Waals surface area contributed by atoms with E-state index in [9.17, 15) is 5.11 Å². The molecule has 0 spiro atoms. The quantitative estimate of drug-likeness (QED) is 0.765. The van der Waals surface area contributed by atoms with Gasteiger partial charge in [-0.2, -0.15) is 0 Å². The number of benzene rings is 2. The van der Waals surface area contributed by atoms with Gasteiger partial charge in [-0.25, -0.2) is 0 Å². The van der Waals surface area contributed by atoms with Gasteiger partial charge in [0.25, 0.3) is 0 Å². The van der Waals surface area contributed by atoms with Crippen LogP contribution in [-0.4, -0.2) is 50.5 Å². The fourth-order valence-electron chi connectivity index (χ4n) is 2.43. The maximum Gasteiger partial charge on any atom is 0.126 e. The Kier molecular flexibility index (Phi) is 6.90. The van der Waals surface area contributed by atoms with Crippen molar-refractivity contribution in [3.8, 4) is 17.2 Å². The fraction of sp³-hybridized carbons (Fsp3) is 0.368. The Morgan fingerprint density at radius 3 is 2.12 bits per heavy atom. The normalized spacial score (nSPS) is 12.0. The molecule has 0 amide bonds. The number of aliphatic hydroxyl groups excluding tert-OH is 1. The van der Waals surface area contributed by atoms with Crippen LogP contribution in [0.3, 0.4) is 0 Å². The van der Waals surface area contributed by atoms with E-state index < -0.39 is 6.10 Å². The summed E-state index contributed by atoms with van der Waals surface area (Å²) in [6.07, 6.45) is -0.587. The number of likely N-dealkylation sites (N-methyl/N-ethyl adjacent to an activating group) is 1. The summed E-state index contributed by atoms with van der Waals surface area (Å²) in [5.74, 6) is 1.91. The zero-order chi connectivity index (χ0) is 17.4. The highest BCUT2D eigenvalue weighted by atomic mass is 16.5. The molecule has 1 atom stereocenters. The van der Waals surface area contributed by atoms with E-state index in [0.717, 1.165) is 6.54 Å². The molecule has 1 unspecified atom stereocenters. The van der Waals surface area contributed by atoms with Crippen molar-refractivity contribution in [3.63, 3.8) is 0 Å². The van der Waals surface area contributed by atoms with E-state index in [-0.39, 0.29) is 6.61 Å². The standard InChI is InChI=1S/C19H25NO4/c1-20(12-15-7-5-4-6-8-15)13-16(21)14-24-19-10-17(22-2)9-18(11-19)23-3/h4-11,16,21H,12-14H2,1-3H3. The van der Waals surface area contributed by atoms with E-state index in [1.807, 2.05) is 25.2 Å². The first-order valence-corrected chi connectivity index (χ1v) is 7.87. The highest BCUT2D eigenvalue weighted by Crippen LogP contribution is 2.27. The van der Waals surface area contributed by atoms with Crippen molar-refractivity contribution in [2.24, 2.45) is 0 Å². The summed E-state index contributed by atoms with van der Waals surface area (Å²) in [6, 6.07) is 15.5. The summed E-state index contributed by atoms with van der Waals surface area (Å²) in [4.78, 5) is 2.06. The zero-order valence-electron chi connectivity index (χ0n) is 14.4. The molecule has 24 heavy (non-hydrogen) atoms. The van der Waals surface area contributed by atoms with Crippen LogP contribution < -0.4 is 14.2 Å². The summed E-state index contributed by atoms with van der Waals surface area (Å²) in [7, 11) is 5.16. The smallest absolute Gasteiger partial charge is 0.126 e. The number of nitrogens with zero attached hydrogens (tertiary/aromatic N) is 1. The van der Waals surface area contributed by atoms with Crippen LogP contribution in [0.4, 0.5) is 0 Å². The molecule has 0 saturated heterocycles. The minimum absolute atomic E-state index is 0.204. The Morgan fingerprint density at radius 1 is 0.958 bits per heavy atom. The number of hydrogen-bond acceptors (Lipinski definition) is 5. The summed E-state index contributed by atoms with van der Waals surface area (Å²) < 4.78 is 16.1. The molecule has 0 radical (unpaired) electrons. The van der Waals surface area contributed by atoms with Gasteiger partial charge in [0.05, 0.1) is 14.2 Å². The lowest BCUT2D eigenvalue weighted by Gasteiger charge is -2.21. The van der Waals surface area contributed by atoms with E-state index in [1.54, 1.807) is 32.4 Å². The molecule has 0 fully saturated rings. The molecule has 130 valence electrons. The fourth-order valence-corrected chi connectivity index (χ4v) is 2.43. The zero-order valence-corrected chi connectivity index (χ0v) is 14.4. The highest BCUT2D eigenvalue weighted by molar-refractivity contribution is 5.42. The minimum Gasteiger partial charge on any atom is -0.496 e. The topological polar surface area (TPSA) is 51.2 Å². The molecule has 0 heterocycles. The molecule has 0 aliphatic carbocycles. The minimum atomic E-state index is -0.587. The number of rotatable bonds is 9. The van der Waals surface area contributed by atoms with Crippen LogP contribution in [0.2, 0.25) is 0 Å². The van der Waals surface area contributed by atoms with Crippen LogP contribution in [0.5, 0.6) is 17.2 Å². The van der Waals surface area contributed by atoms with Gasteiger partial charge in [0.2, 0.25) is 0 Å². The van der Waals surface area contributed by atoms with Gasteiger partial charge in [-0.1, -0.05) is 30.3 Å². The number of hydrogen-bond donors (Lipinski definition) is 1. The van der Waals surface area contributed by atoms with Gasteiger partial charge >= 0.3 is 0 Å². The van der Waals surface area contributed by atoms with Gasteiger partial charge in [0, 0.05) is 31.3 Å². The van der Waals surface area contributed by atoms with Crippen molar-refractivity contribution < 1.29 is 19.3 Å². The van der Waals surface area contributed by atoms with E-state index in [2.05, 4.69) is 17.0 Å². The second-order valence-electron chi connectivity index (χ2n) is 5.70. The van der Waals surface area contributed by atoms with E-state index in [4.69, 9.17) is 14.2 Å². The van der Waals surface area contributed by atoms with Gasteiger partial charge < -0.3 is 19.3 Å². The van der Waals surface area contributed by atoms with Crippen LogP contribution in [0.15, 0.2) is 48.5 Å². The second-order valence-corrected chi connectivity index (χ2v) is 5.70. The van der Waals surface area contributed by atoms with Crippen LogP contribution in [-0.2, 0) is 6.54 Å². The SMILES string of the molecule is COc1cc(OC)cc(OCC(O)CN(C)Cc2ccccc2)c1. The van der Waals surface area contributed by atoms with E-state index in [0.29, 0.717) is 23.8 Å². The van der Waals surface area contributed by atoms with Crippen molar-refractivity contribution in [1.29, 1.82) is 0 Å². The molecule has 0 bridgehead atoms. The van der Waals surface area contributed by atoms with Crippen LogP contribution in [0.25, 0.3) is 0 Å². The molecule has 2 rings (SSSR count). The Balaban J connectivity index is 1.83. The van der Waals surface area contributed by atoms with Crippen LogP contribution >= 0.6 is 0 Å². The molecule has 0 saturated carbocycles. The first-order chi connectivity index (χ1) is 11.6. The average Bonchev–Trinajstić information content (AvgIpc) is 2.60. The van der Waals surface area contributed by atoms with Crippen molar-refractivity contribution in [1.82, 2.24) is 4.90 Å². The highest BCUT2D eigenvalue weighted by Gasteiger charge is 2.11. The number of methoxy groups -OCH3 is 2. The maximum absolute atomic E-state index is 10.2. The lowest BCUT2D eigenvalue weighted by Crippen LogP contribution is -2.32. The third-order valence-electron chi connectivity index (χ3n) is 3.59. The van der Waals surface area contributed by atoms with Gasteiger partial charge in [0.15, 0.2) is 0 Å². The van der Waals surface area contributed by atoms with Gasteiger partial charge in [-0.3, -0.25) is 4.90 Å². The first kappa shape index (κ1) is 18.1. The number of aliphatic hydroxyl groups is 1. The Labute approximate surface area is 143 Å². The molecular formula is C19H25NO4. The number of ether oxygens (including phenoxy) is 3.